The van der Waals surface area contributed by atoms with Crippen LogP contribution in [0.5, 0.6) is 0 Å². The monoisotopic (exact) mass is 226 g/mol. The molecule has 16 heavy (non-hydrogen) atoms. The van der Waals surface area contributed by atoms with Crippen LogP contribution in [0.3, 0.4) is 0 Å². The van der Waals surface area contributed by atoms with Crippen molar-refractivity contribution in [3.63, 3.8) is 0 Å². The van der Waals surface area contributed by atoms with Gasteiger partial charge in [-0.1, -0.05) is 55.4 Å². The lowest BCUT2D eigenvalue weighted by Crippen LogP contribution is -2.18. The van der Waals surface area contributed by atoms with E-state index in [4.69, 9.17) is 0 Å². The number of hydrogen-bond donors (Lipinski definition) is 0. The van der Waals surface area contributed by atoms with Crippen LogP contribution in [0.25, 0.3) is 0 Å². The Balaban J connectivity index is 4.03. The van der Waals surface area contributed by atoms with Crippen molar-refractivity contribution < 1.29 is 0 Å². The standard InChI is InChI=1S/C16H34/c1-11(2)13(5)9-15(7)16(8)10-14(6)12(3)4/h11-16H,9-10H2,1-8H3. The van der Waals surface area contributed by atoms with Crippen molar-refractivity contribution in [2.75, 3.05) is 0 Å². The van der Waals surface area contributed by atoms with E-state index < -0.39 is 0 Å². The van der Waals surface area contributed by atoms with Crippen molar-refractivity contribution in [2.45, 2.75) is 68.2 Å². The van der Waals surface area contributed by atoms with Crippen LogP contribution in [-0.4, -0.2) is 0 Å². The van der Waals surface area contributed by atoms with Gasteiger partial charge in [0, 0.05) is 0 Å². The molecule has 0 fully saturated rings. The first-order valence-electron chi connectivity index (χ1n) is 7.25. The Bertz CT molecular complexity index is 149. The molecule has 0 bridgehead atoms. The Morgan fingerprint density at radius 3 is 0.875 bits per heavy atom. The van der Waals surface area contributed by atoms with E-state index in [2.05, 4.69) is 55.4 Å². The quantitative estimate of drug-likeness (QED) is 0.528. The van der Waals surface area contributed by atoms with Crippen molar-refractivity contribution >= 4 is 0 Å². The number of hydrogen-bond acceptors (Lipinski definition) is 0. The van der Waals surface area contributed by atoms with Gasteiger partial charge in [-0.05, 0) is 48.3 Å². The molecule has 4 atom stereocenters. The molecule has 0 heteroatoms. The van der Waals surface area contributed by atoms with Gasteiger partial charge in [-0.25, -0.2) is 0 Å². The zero-order chi connectivity index (χ0) is 12.9. The molecular weight excluding hydrogens is 192 g/mol. The highest BCUT2D eigenvalue weighted by Gasteiger charge is 2.20. The summed E-state index contributed by atoms with van der Waals surface area (Å²) in [5, 5.41) is 0. The van der Waals surface area contributed by atoms with Crippen molar-refractivity contribution in [2.24, 2.45) is 35.5 Å². The van der Waals surface area contributed by atoms with Gasteiger partial charge in [-0.2, -0.15) is 0 Å². The van der Waals surface area contributed by atoms with E-state index in [1.165, 1.54) is 12.8 Å². The summed E-state index contributed by atoms with van der Waals surface area (Å²) in [6.45, 7) is 19.1. The maximum Gasteiger partial charge on any atom is -0.0414 e. The van der Waals surface area contributed by atoms with Gasteiger partial charge in [0.25, 0.3) is 0 Å². The average Bonchev–Trinajstić information content (AvgIpc) is 2.16. The third kappa shape index (κ3) is 5.92. The van der Waals surface area contributed by atoms with Crippen molar-refractivity contribution in [3.8, 4) is 0 Å². The van der Waals surface area contributed by atoms with Gasteiger partial charge in [0.15, 0.2) is 0 Å². The van der Waals surface area contributed by atoms with Crippen molar-refractivity contribution in [3.05, 3.63) is 0 Å². The molecule has 4 unspecified atom stereocenters. The van der Waals surface area contributed by atoms with Gasteiger partial charge < -0.3 is 0 Å². The van der Waals surface area contributed by atoms with Gasteiger partial charge in [-0.3, -0.25) is 0 Å². The fraction of sp³-hybridized carbons (Fsp3) is 1.00. The highest BCUT2D eigenvalue weighted by Crippen LogP contribution is 2.30. The molecule has 0 aliphatic rings. The fourth-order valence-electron chi connectivity index (χ4n) is 2.18. The molecule has 0 aliphatic carbocycles. The first-order chi connectivity index (χ1) is 7.25. The zero-order valence-electron chi connectivity index (χ0n) is 12.9. The van der Waals surface area contributed by atoms with Gasteiger partial charge in [0.2, 0.25) is 0 Å². The Labute approximate surface area is 104 Å². The summed E-state index contributed by atoms with van der Waals surface area (Å²) in [5.41, 5.74) is 0. The second-order valence-corrected chi connectivity index (χ2v) is 6.87. The first kappa shape index (κ1) is 16.0. The maximum atomic E-state index is 2.44. The van der Waals surface area contributed by atoms with Crippen LogP contribution in [0.1, 0.15) is 68.2 Å². The maximum absolute atomic E-state index is 2.44. The Morgan fingerprint density at radius 2 is 0.688 bits per heavy atom. The van der Waals surface area contributed by atoms with Crippen LogP contribution in [0, 0.1) is 35.5 Å². The molecule has 0 saturated heterocycles. The number of rotatable bonds is 7. The lowest BCUT2D eigenvalue weighted by Gasteiger charge is -2.28. The molecular formula is C16H34. The summed E-state index contributed by atoms with van der Waals surface area (Å²) in [5.74, 6) is 5.14. The highest BCUT2D eigenvalue weighted by atomic mass is 14.3. The molecule has 0 amide bonds. The smallest absolute Gasteiger partial charge is 0.0414 e. The third-order valence-electron chi connectivity index (χ3n) is 4.73. The third-order valence-corrected chi connectivity index (χ3v) is 4.73. The van der Waals surface area contributed by atoms with Gasteiger partial charge >= 0.3 is 0 Å². The second kappa shape index (κ2) is 7.35. The van der Waals surface area contributed by atoms with Crippen molar-refractivity contribution in [1.82, 2.24) is 0 Å². The van der Waals surface area contributed by atoms with E-state index in [-0.39, 0.29) is 0 Å². The predicted molar refractivity (Wildman–Crippen MR) is 75.6 cm³/mol. The SMILES string of the molecule is CC(C)C(C)CC(C)C(C)CC(C)C(C)C. The second-order valence-electron chi connectivity index (χ2n) is 6.87. The molecule has 0 rings (SSSR count). The molecule has 0 aromatic heterocycles. The molecule has 0 spiro atoms. The molecule has 0 N–H and O–H groups in total. The van der Waals surface area contributed by atoms with E-state index in [1.807, 2.05) is 0 Å². The van der Waals surface area contributed by atoms with E-state index in [9.17, 15) is 0 Å². The molecule has 98 valence electrons. The summed E-state index contributed by atoms with van der Waals surface area (Å²) < 4.78 is 0. The fourth-order valence-corrected chi connectivity index (χ4v) is 2.18. The molecule has 0 nitrogen and oxygen atoms in total. The summed E-state index contributed by atoms with van der Waals surface area (Å²) in [6.07, 6.45) is 2.79. The summed E-state index contributed by atoms with van der Waals surface area (Å²) >= 11 is 0. The molecule has 0 aromatic carbocycles. The van der Waals surface area contributed by atoms with E-state index in [0.29, 0.717) is 0 Å². The van der Waals surface area contributed by atoms with Crippen LogP contribution in [-0.2, 0) is 0 Å². The zero-order valence-corrected chi connectivity index (χ0v) is 12.9. The molecule has 0 aromatic rings. The topological polar surface area (TPSA) is 0 Å². The first-order valence-corrected chi connectivity index (χ1v) is 7.25. The highest BCUT2D eigenvalue weighted by molar-refractivity contribution is 4.70. The lowest BCUT2D eigenvalue weighted by atomic mass is 9.78. The summed E-state index contributed by atoms with van der Waals surface area (Å²) in [7, 11) is 0. The van der Waals surface area contributed by atoms with E-state index >= 15 is 0 Å². The van der Waals surface area contributed by atoms with Gasteiger partial charge in [0.05, 0.1) is 0 Å². The minimum Gasteiger partial charge on any atom is -0.0625 e. The summed E-state index contributed by atoms with van der Waals surface area (Å²) in [4.78, 5) is 0. The molecule has 0 heterocycles. The van der Waals surface area contributed by atoms with Crippen LogP contribution in [0.4, 0.5) is 0 Å². The Morgan fingerprint density at radius 1 is 0.438 bits per heavy atom. The lowest BCUT2D eigenvalue weighted by molar-refractivity contribution is 0.225. The Kier molecular flexibility index (Phi) is 7.35. The van der Waals surface area contributed by atoms with Crippen LogP contribution >= 0.6 is 0 Å². The Hall–Kier alpha value is 0. The van der Waals surface area contributed by atoms with Gasteiger partial charge in [-0.15, -0.1) is 0 Å². The van der Waals surface area contributed by atoms with Crippen LogP contribution < -0.4 is 0 Å². The summed E-state index contributed by atoms with van der Waals surface area (Å²) in [6, 6.07) is 0. The van der Waals surface area contributed by atoms with Crippen LogP contribution in [0.15, 0.2) is 0 Å². The van der Waals surface area contributed by atoms with Crippen LogP contribution in [0.2, 0.25) is 0 Å². The predicted octanol–water partition coefficient (Wildman–Crippen LogP) is 5.62. The largest absolute Gasteiger partial charge is 0.0625 e. The van der Waals surface area contributed by atoms with Gasteiger partial charge in [0.1, 0.15) is 0 Å². The van der Waals surface area contributed by atoms with E-state index in [0.717, 1.165) is 35.5 Å². The average molecular weight is 226 g/mol. The molecule has 0 radical (unpaired) electrons. The van der Waals surface area contributed by atoms with E-state index in [1.54, 1.807) is 0 Å². The van der Waals surface area contributed by atoms with Crippen molar-refractivity contribution in [1.29, 1.82) is 0 Å². The normalized spacial score (nSPS) is 19.9. The molecule has 0 saturated carbocycles. The minimum atomic E-state index is 0.831. The molecule has 0 aliphatic heterocycles. The minimum absolute atomic E-state index is 0.831.